The minimum absolute atomic E-state index is 0.0975. The fourth-order valence-corrected chi connectivity index (χ4v) is 7.14. The van der Waals surface area contributed by atoms with Crippen molar-refractivity contribution in [3.8, 4) is 0 Å². The number of ketones is 1. The Morgan fingerprint density at radius 2 is 1.67 bits per heavy atom. The quantitative estimate of drug-likeness (QED) is 0.470. The predicted octanol–water partition coefficient (Wildman–Crippen LogP) is 1.25. The van der Waals surface area contributed by atoms with Crippen molar-refractivity contribution in [3.05, 3.63) is 0 Å². The van der Waals surface area contributed by atoms with Gasteiger partial charge in [0.05, 0.1) is 12.1 Å². The number of carbonyl (C=O) groups is 4. The standard InChI is InChI=1S/C25H38N4O4/c26-19(15-4-2-1-3-5-15)24(33)29-13-17-16(8-9-25(17)10-11-25)20(29)23(32)28-18(12-14-6-7-14)21(30)22(27)31/h14-20H,1-13,26H2,(H2,27,31)(H,28,32)/t16-,17-,18?,19-,20-/m0/s1. The predicted molar refractivity (Wildman–Crippen MR) is 121 cm³/mol. The molecule has 182 valence electrons. The van der Waals surface area contributed by atoms with Crippen LogP contribution in [-0.2, 0) is 19.2 Å². The molecule has 8 nitrogen and oxygen atoms in total. The topological polar surface area (TPSA) is 136 Å². The maximum Gasteiger partial charge on any atom is 0.287 e. The van der Waals surface area contributed by atoms with E-state index < -0.39 is 29.8 Å². The SMILES string of the molecule is NC(=O)C(=O)C(CC1CC1)NC(=O)[C@@H]1[C@H]2CCC3(CC3)[C@H]2CN1C(=O)[C@@H](N)C1CCCCC1. The summed E-state index contributed by atoms with van der Waals surface area (Å²) in [7, 11) is 0. The number of carbonyl (C=O) groups excluding carboxylic acids is 4. The van der Waals surface area contributed by atoms with E-state index in [4.69, 9.17) is 11.5 Å². The molecule has 0 radical (unpaired) electrons. The molecule has 0 aromatic rings. The molecule has 5 aliphatic rings. The van der Waals surface area contributed by atoms with Gasteiger partial charge in [-0.15, -0.1) is 0 Å². The Morgan fingerprint density at radius 1 is 0.970 bits per heavy atom. The number of likely N-dealkylation sites (tertiary alicyclic amines) is 1. The lowest BCUT2D eigenvalue weighted by Crippen LogP contribution is -2.57. The van der Waals surface area contributed by atoms with E-state index in [-0.39, 0.29) is 29.1 Å². The monoisotopic (exact) mass is 458 g/mol. The van der Waals surface area contributed by atoms with Gasteiger partial charge in [0.2, 0.25) is 17.6 Å². The maximum atomic E-state index is 13.6. The van der Waals surface area contributed by atoms with Crippen LogP contribution in [0.1, 0.15) is 77.0 Å². The van der Waals surface area contributed by atoms with Crippen LogP contribution in [0.3, 0.4) is 0 Å². The number of nitrogens with two attached hydrogens (primary N) is 2. The highest BCUT2D eigenvalue weighted by Crippen LogP contribution is 2.66. The molecule has 1 aliphatic heterocycles. The van der Waals surface area contributed by atoms with Crippen molar-refractivity contribution in [3.63, 3.8) is 0 Å². The summed E-state index contributed by atoms with van der Waals surface area (Å²) in [6, 6.07) is -2.09. The number of primary amides is 1. The third-order valence-electron chi connectivity index (χ3n) is 9.44. The highest BCUT2D eigenvalue weighted by molar-refractivity contribution is 6.37. The number of amides is 3. The number of fused-ring (bicyclic) bond motifs is 2. The Morgan fingerprint density at radius 3 is 2.27 bits per heavy atom. The smallest absolute Gasteiger partial charge is 0.287 e. The molecular formula is C25H38N4O4. The fourth-order valence-electron chi connectivity index (χ4n) is 7.14. The molecule has 5 atom stereocenters. The summed E-state index contributed by atoms with van der Waals surface area (Å²) in [5.74, 6) is -1.26. The van der Waals surface area contributed by atoms with Gasteiger partial charge in [0, 0.05) is 6.54 Å². The van der Waals surface area contributed by atoms with Crippen LogP contribution in [0.2, 0.25) is 0 Å². The molecule has 33 heavy (non-hydrogen) atoms. The van der Waals surface area contributed by atoms with Gasteiger partial charge in [0.15, 0.2) is 0 Å². The van der Waals surface area contributed by atoms with Crippen molar-refractivity contribution in [2.45, 2.75) is 95.2 Å². The van der Waals surface area contributed by atoms with Gasteiger partial charge >= 0.3 is 0 Å². The first-order valence-corrected chi connectivity index (χ1v) is 13.0. The van der Waals surface area contributed by atoms with Crippen LogP contribution in [0.4, 0.5) is 0 Å². The third-order valence-corrected chi connectivity index (χ3v) is 9.44. The molecule has 5 rings (SSSR count). The summed E-state index contributed by atoms with van der Waals surface area (Å²) < 4.78 is 0. The first-order chi connectivity index (χ1) is 15.8. The van der Waals surface area contributed by atoms with E-state index in [2.05, 4.69) is 5.32 Å². The molecule has 0 aromatic carbocycles. The van der Waals surface area contributed by atoms with Crippen molar-refractivity contribution in [2.24, 2.45) is 40.6 Å². The number of rotatable bonds is 8. The summed E-state index contributed by atoms with van der Waals surface area (Å²) in [6.45, 7) is 0.582. The number of nitrogens with one attached hydrogen (secondary N) is 1. The number of hydrogen-bond acceptors (Lipinski definition) is 5. The van der Waals surface area contributed by atoms with Crippen molar-refractivity contribution in [1.29, 1.82) is 0 Å². The van der Waals surface area contributed by atoms with Gasteiger partial charge in [0.25, 0.3) is 5.91 Å². The minimum atomic E-state index is -1.02. The van der Waals surface area contributed by atoms with E-state index >= 15 is 0 Å². The zero-order chi connectivity index (χ0) is 23.3. The van der Waals surface area contributed by atoms with Gasteiger partial charge in [-0.2, -0.15) is 0 Å². The van der Waals surface area contributed by atoms with Crippen LogP contribution in [-0.4, -0.2) is 53.1 Å². The molecule has 5 N–H and O–H groups in total. The Hall–Kier alpha value is -1.96. The molecule has 1 spiro atoms. The molecule has 1 unspecified atom stereocenters. The summed E-state index contributed by atoms with van der Waals surface area (Å²) in [6.07, 6.45) is 12.1. The highest BCUT2D eigenvalue weighted by atomic mass is 16.2. The summed E-state index contributed by atoms with van der Waals surface area (Å²) in [5.41, 5.74) is 12.0. The molecule has 8 heteroatoms. The van der Waals surface area contributed by atoms with Crippen LogP contribution in [0.5, 0.6) is 0 Å². The highest BCUT2D eigenvalue weighted by Gasteiger charge is 2.63. The maximum absolute atomic E-state index is 13.6. The first kappa shape index (κ1) is 22.8. The molecule has 4 aliphatic carbocycles. The number of Topliss-reactive ketones (excluding diaryl/α,β-unsaturated/α-hetero) is 1. The zero-order valence-corrected chi connectivity index (χ0v) is 19.5. The summed E-state index contributed by atoms with van der Waals surface area (Å²) in [4.78, 5) is 53.0. The zero-order valence-electron chi connectivity index (χ0n) is 19.5. The van der Waals surface area contributed by atoms with Gasteiger partial charge in [0.1, 0.15) is 6.04 Å². The van der Waals surface area contributed by atoms with E-state index in [1.165, 1.54) is 19.3 Å². The van der Waals surface area contributed by atoms with Crippen LogP contribution < -0.4 is 16.8 Å². The third kappa shape index (κ3) is 4.31. The Labute approximate surface area is 195 Å². The lowest BCUT2D eigenvalue weighted by Gasteiger charge is -2.34. The molecular weight excluding hydrogens is 420 g/mol. The van der Waals surface area contributed by atoms with Crippen LogP contribution >= 0.6 is 0 Å². The van der Waals surface area contributed by atoms with Crippen molar-refractivity contribution in [2.75, 3.05) is 6.54 Å². The normalized spacial score (nSPS) is 32.3. The molecule has 0 bridgehead atoms. The van der Waals surface area contributed by atoms with E-state index in [0.29, 0.717) is 24.8 Å². The number of hydrogen-bond donors (Lipinski definition) is 3. The van der Waals surface area contributed by atoms with Crippen molar-refractivity contribution < 1.29 is 19.2 Å². The molecule has 0 aromatic heterocycles. The van der Waals surface area contributed by atoms with E-state index in [1.807, 2.05) is 0 Å². The van der Waals surface area contributed by atoms with E-state index in [0.717, 1.165) is 51.4 Å². The van der Waals surface area contributed by atoms with Crippen molar-refractivity contribution in [1.82, 2.24) is 10.2 Å². The molecule has 1 saturated heterocycles. The first-order valence-electron chi connectivity index (χ1n) is 13.0. The second-order valence-electron chi connectivity index (χ2n) is 11.5. The lowest BCUT2D eigenvalue weighted by molar-refractivity contribution is -0.143. The second-order valence-corrected chi connectivity index (χ2v) is 11.5. The second kappa shape index (κ2) is 8.67. The Bertz CT molecular complexity index is 830. The Balaban J connectivity index is 1.35. The van der Waals surface area contributed by atoms with Crippen LogP contribution in [0, 0.1) is 29.1 Å². The van der Waals surface area contributed by atoms with Gasteiger partial charge in [-0.05, 0) is 74.0 Å². The summed E-state index contributed by atoms with van der Waals surface area (Å²) in [5, 5.41) is 2.85. The van der Waals surface area contributed by atoms with Gasteiger partial charge in [-0.1, -0.05) is 32.1 Å². The molecule has 5 fully saturated rings. The van der Waals surface area contributed by atoms with Gasteiger partial charge in [-0.25, -0.2) is 0 Å². The van der Waals surface area contributed by atoms with Gasteiger partial charge in [-0.3, -0.25) is 19.2 Å². The number of nitrogens with zero attached hydrogens (tertiary/aromatic N) is 1. The Kier molecular flexibility index (Phi) is 6.00. The molecule has 1 heterocycles. The average molecular weight is 459 g/mol. The summed E-state index contributed by atoms with van der Waals surface area (Å²) >= 11 is 0. The average Bonchev–Trinajstić information content (AvgIpc) is 3.72. The minimum Gasteiger partial charge on any atom is -0.363 e. The molecule has 3 amide bonds. The van der Waals surface area contributed by atoms with Crippen LogP contribution in [0.15, 0.2) is 0 Å². The van der Waals surface area contributed by atoms with Gasteiger partial charge < -0.3 is 21.7 Å². The fraction of sp³-hybridized carbons (Fsp3) is 0.840. The van der Waals surface area contributed by atoms with E-state index in [1.54, 1.807) is 4.90 Å². The molecule has 4 saturated carbocycles. The van der Waals surface area contributed by atoms with E-state index in [9.17, 15) is 19.2 Å². The van der Waals surface area contributed by atoms with Crippen LogP contribution in [0.25, 0.3) is 0 Å². The largest absolute Gasteiger partial charge is 0.363 e. The lowest BCUT2D eigenvalue weighted by atomic mass is 9.83. The van der Waals surface area contributed by atoms with Crippen molar-refractivity contribution >= 4 is 23.5 Å².